The Bertz CT molecular complexity index is 897. The molecule has 3 heterocycles. The normalized spacial score (nSPS) is 23.2. The molecule has 0 bridgehead atoms. The lowest BCUT2D eigenvalue weighted by Gasteiger charge is -2.37. The number of benzene rings is 1. The summed E-state index contributed by atoms with van der Waals surface area (Å²) in [6.45, 7) is 6.84. The average molecular weight is 443 g/mol. The van der Waals surface area contributed by atoms with Crippen molar-refractivity contribution in [2.24, 2.45) is 0 Å². The second kappa shape index (κ2) is 10.3. The largest absolute Gasteiger partial charge is 0.376 e. The summed E-state index contributed by atoms with van der Waals surface area (Å²) in [6.07, 6.45) is 5.47. The maximum absolute atomic E-state index is 14.9. The molecule has 2 fully saturated rings. The highest BCUT2D eigenvalue weighted by Crippen LogP contribution is 2.26. The van der Waals surface area contributed by atoms with Gasteiger partial charge in [0.05, 0.1) is 24.0 Å². The highest BCUT2D eigenvalue weighted by molar-refractivity contribution is 5.89. The van der Waals surface area contributed by atoms with Crippen molar-refractivity contribution in [3.05, 3.63) is 54.1 Å². The van der Waals surface area contributed by atoms with Gasteiger partial charge in [-0.2, -0.15) is 0 Å². The number of nitrogens with zero attached hydrogens (tertiary/aromatic N) is 3. The van der Waals surface area contributed by atoms with Crippen LogP contribution in [0.1, 0.15) is 32.3 Å². The summed E-state index contributed by atoms with van der Waals surface area (Å²) in [5, 5.41) is 2.85. The number of carbonyl (C=O) groups excluding carboxylic acids is 1. The third-order valence-corrected chi connectivity index (χ3v) is 5.79. The third-order valence-electron chi connectivity index (χ3n) is 5.79. The number of hydrogen-bond donors (Lipinski definition) is 1. The number of aromatic nitrogens is 1. The van der Waals surface area contributed by atoms with Crippen LogP contribution in [0.2, 0.25) is 0 Å². The first kappa shape index (κ1) is 22.5. The van der Waals surface area contributed by atoms with Crippen LogP contribution in [0, 0.1) is 5.82 Å². The SMILES string of the molecule is C[C@@H]1CN(c2ccc(NC(=O)N(Cc3cccnc3)C[C@@H]3CCCO3)cc2F)C[C@H](C)O1. The molecule has 2 aliphatic heterocycles. The predicted molar refractivity (Wildman–Crippen MR) is 121 cm³/mol. The maximum atomic E-state index is 14.9. The Morgan fingerprint density at radius 1 is 1.28 bits per heavy atom. The van der Waals surface area contributed by atoms with Gasteiger partial charge in [0.15, 0.2) is 0 Å². The summed E-state index contributed by atoms with van der Waals surface area (Å²) in [5.41, 5.74) is 1.88. The van der Waals surface area contributed by atoms with Crippen molar-refractivity contribution in [3.8, 4) is 0 Å². The molecular formula is C24H31FN4O3. The number of nitrogens with one attached hydrogen (secondary N) is 1. The number of ether oxygens (including phenoxy) is 2. The van der Waals surface area contributed by atoms with Gasteiger partial charge in [-0.25, -0.2) is 9.18 Å². The van der Waals surface area contributed by atoms with Crippen LogP contribution < -0.4 is 10.2 Å². The third kappa shape index (κ3) is 5.75. The lowest BCUT2D eigenvalue weighted by atomic mass is 10.2. The Hall–Kier alpha value is -2.71. The van der Waals surface area contributed by atoms with Gasteiger partial charge in [0.1, 0.15) is 5.82 Å². The Morgan fingerprint density at radius 2 is 2.09 bits per heavy atom. The van der Waals surface area contributed by atoms with Gasteiger partial charge in [-0.3, -0.25) is 4.98 Å². The minimum absolute atomic E-state index is 0.0156. The van der Waals surface area contributed by atoms with Crippen molar-refractivity contribution in [3.63, 3.8) is 0 Å². The fourth-order valence-corrected chi connectivity index (χ4v) is 4.38. The molecule has 172 valence electrons. The van der Waals surface area contributed by atoms with Crippen molar-refractivity contribution in [2.45, 2.75) is 51.5 Å². The van der Waals surface area contributed by atoms with Crippen LogP contribution in [-0.4, -0.2) is 60.5 Å². The van der Waals surface area contributed by atoms with Gasteiger partial charge in [-0.05, 0) is 56.5 Å². The van der Waals surface area contributed by atoms with E-state index < -0.39 is 0 Å². The monoisotopic (exact) mass is 442 g/mol. The highest BCUT2D eigenvalue weighted by atomic mass is 19.1. The first-order valence-corrected chi connectivity index (χ1v) is 11.2. The van der Waals surface area contributed by atoms with E-state index in [0.717, 1.165) is 25.0 Å². The van der Waals surface area contributed by atoms with E-state index in [2.05, 4.69) is 10.3 Å². The number of urea groups is 1. The number of halogens is 1. The van der Waals surface area contributed by atoms with Crippen LogP contribution in [0.5, 0.6) is 0 Å². The van der Waals surface area contributed by atoms with Crippen LogP contribution in [0.25, 0.3) is 0 Å². The second-order valence-corrected chi connectivity index (χ2v) is 8.64. The molecule has 0 saturated carbocycles. The summed E-state index contributed by atoms with van der Waals surface area (Å²) >= 11 is 0. The number of amides is 2. The molecule has 1 aromatic heterocycles. The van der Waals surface area contributed by atoms with E-state index in [0.29, 0.717) is 37.6 Å². The Balaban J connectivity index is 1.45. The van der Waals surface area contributed by atoms with Gasteiger partial charge in [0, 0.05) is 50.9 Å². The van der Waals surface area contributed by atoms with Gasteiger partial charge in [0.25, 0.3) is 0 Å². The van der Waals surface area contributed by atoms with Gasteiger partial charge in [-0.1, -0.05) is 6.07 Å². The summed E-state index contributed by atoms with van der Waals surface area (Å²) < 4.78 is 26.4. The number of rotatable bonds is 6. The number of morpholine rings is 1. The highest BCUT2D eigenvalue weighted by Gasteiger charge is 2.26. The molecule has 7 nitrogen and oxygen atoms in total. The maximum Gasteiger partial charge on any atom is 0.322 e. The number of hydrogen-bond acceptors (Lipinski definition) is 5. The lowest BCUT2D eigenvalue weighted by molar-refractivity contribution is -0.00539. The summed E-state index contributed by atoms with van der Waals surface area (Å²) in [5.74, 6) is -0.359. The van der Waals surface area contributed by atoms with E-state index in [4.69, 9.17) is 9.47 Å². The van der Waals surface area contributed by atoms with Crippen LogP contribution in [0.3, 0.4) is 0 Å². The fraction of sp³-hybridized carbons (Fsp3) is 0.500. The molecule has 2 aromatic rings. The van der Waals surface area contributed by atoms with E-state index in [1.807, 2.05) is 30.9 Å². The molecule has 0 radical (unpaired) electrons. The fourth-order valence-electron chi connectivity index (χ4n) is 4.38. The van der Waals surface area contributed by atoms with Gasteiger partial charge in [0.2, 0.25) is 0 Å². The molecular weight excluding hydrogens is 411 g/mol. The van der Waals surface area contributed by atoms with Crippen molar-refractivity contribution in [1.29, 1.82) is 0 Å². The van der Waals surface area contributed by atoms with E-state index >= 15 is 0 Å². The molecule has 4 rings (SSSR count). The van der Waals surface area contributed by atoms with E-state index in [1.54, 1.807) is 29.4 Å². The minimum atomic E-state index is -0.359. The zero-order valence-corrected chi connectivity index (χ0v) is 18.7. The van der Waals surface area contributed by atoms with Crippen LogP contribution in [-0.2, 0) is 16.0 Å². The van der Waals surface area contributed by atoms with Crippen molar-refractivity contribution in [2.75, 3.05) is 36.5 Å². The number of anilines is 2. The van der Waals surface area contributed by atoms with E-state index in [1.165, 1.54) is 6.07 Å². The zero-order valence-electron chi connectivity index (χ0n) is 18.7. The van der Waals surface area contributed by atoms with Gasteiger partial charge >= 0.3 is 6.03 Å². The molecule has 0 spiro atoms. The lowest BCUT2D eigenvalue weighted by Crippen LogP contribution is -2.45. The summed E-state index contributed by atoms with van der Waals surface area (Å²) in [6, 6.07) is 8.34. The van der Waals surface area contributed by atoms with Gasteiger partial charge < -0.3 is 24.6 Å². The molecule has 32 heavy (non-hydrogen) atoms. The summed E-state index contributed by atoms with van der Waals surface area (Å²) in [7, 11) is 0. The quantitative estimate of drug-likeness (QED) is 0.731. The van der Waals surface area contributed by atoms with E-state index in [9.17, 15) is 9.18 Å². The molecule has 2 aliphatic rings. The molecule has 0 aliphatic carbocycles. The molecule has 1 N–H and O–H groups in total. The Labute approximate surface area is 188 Å². The summed E-state index contributed by atoms with van der Waals surface area (Å²) in [4.78, 5) is 20.9. The number of carbonyl (C=O) groups is 1. The second-order valence-electron chi connectivity index (χ2n) is 8.64. The van der Waals surface area contributed by atoms with Crippen LogP contribution in [0.15, 0.2) is 42.7 Å². The molecule has 8 heteroatoms. The van der Waals surface area contributed by atoms with Crippen molar-refractivity contribution >= 4 is 17.4 Å². The smallest absolute Gasteiger partial charge is 0.322 e. The topological polar surface area (TPSA) is 66.9 Å². The van der Waals surface area contributed by atoms with Crippen LogP contribution >= 0.6 is 0 Å². The average Bonchev–Trinajstić information content (AvgIpc) is 3.26. The van der Waals surface area contributed by atoms with Crippen molar-refractivity contribution in [1.82, 2.24) is 9.88 Å². The molecule has 0 unspecified atom stereocenters. The standard InChI is InChI=1S/C24H31FN4O3/c1-17-13-28(14-18(2)32-17)23-8-7-20(11-22(23)25)27-24(30)29(16-21-6-4-10-31-21)15-19-5-3-9-26-12-19/h3,5,7-9,11-12,17-18,21H,4,6,10,13-16H2,1-2H3,(H,27,30)/t17-,18+,21-/m0/s1. The van der Waals surface area contributed by atoms with Gasteiger partial charge in [-0.15, -0.1) is 0 Å². The predicted octanol–water partition coefficient (Wildman–Crippen LogP) is 4.05. The Morgan fingerprint density at radius 3 is 2.75 bits per heavy atom. The van der Waals surface area contributed by atoms with Crippen LogP contribution in [0.4, 0.5) is 20.6 Å². The van der Waals surface area contributed by atoms with Crippen molar-refractivity contribution < 1.29 is 18.7 Å². The molecule has 3 atom stereocenters. The number of pyridine rings is 1. The first-order valence-electron chi connectivity index (χ1n) is 11.2. The zero-order chi connectivity index (χ0) is 22.5. The first-order chi connectivity index (χ1) is 15.5. The molecule has 1 aromatic carbocycles. The Kier molecular flexibility index (Phi) is 7.22. The molecule has 2 amide bonds. The molecule has 2 saturated heterocycles. The van der Waals surface area contributed by atoms with E-state index in [-0.39, 0.29) is 30.2 Å². The minimum Gasteiger partial charge on any atom is -0.376 e.